The van der Waals surface area contributed by atoms with Crippen LogP contribution in [0, 0.1) is 5.41 Å². The maximum Gasteiger partial charge on any atom is 0.283 e. The average Bonchev–Trinajstić information content (AvgIpc) is 3.23. The van der Waals surface area contributed by atoms with Gasteiger partial charge in [-0.15, -0.1) is 0 Å². The van der Waals surface area contributed by atoms with Gasteiger partial charge < -0.3 is 18.9 Å². The number of ether oxygens (including phenoxy) is 4. The van der Waals surface area contributed by atoms with Crippen molar-refractivity contribution in [3.63, 3.8) is 0 Å². The number of nitrogens with one attached hydrogen (secondary N) is 1. The summed E-state index contributed by atoms with van der Waals surface area (Å²) in [6, 6.07) is 12.7. The van der Waals surface area contributed by atoms with Gasteiger partial charge in [0.05, 0.1) is 26.9 Å². The number of benzene rings is 2. The Morgan fingerprint density at radius 1 is 1.06 bits per heavy atom. The topological polar surface area (TPSA) is 106 Å². The van der Waals surface area contributed by atoms with E-state index in [1.165, 1.54) is 38.1 Å². The zero-order chi connectivity index (χ0) is 22.7. The second-order valence-electron chi connectivity index (χ2n) is 6.57. The van der Waals surface area contributed by atoms with E-state index in [0.29, 0.717) is 38.8 Å². The lowest BCUT2D eigenvalue weighted by molar-refractivity contribution is -0.114. The van der Waals surface area contributed by atoms with Crippen LogP contribution in [0.2, 0.25) is 0 Å². The molecular formula is C22H20N4O5S. The minimum absolute atomic E-state index is 0.0732. The monoisotopic (exact) mass is 452 g/mol. The summed E-state index contributed by atoms with van der Waals surface area (Å²) in [6.07, 6.45) is 1.55. The van der Waals surface area contributed by atoms with Gasteiger partial charge in [0.15, 0.2) is 17.3 Å². The molecular weight excluding hydrogens is 432 g/mol. The SMILES string of the molecule is COc1cc(C=C2C(=N)N3N=C(COc4ccccc4)SC3=NC2=O)cc(OC)c1OC. The maximum absolute atomic E-state index is 12.7. The third-order valence-corrected chi connectivity index (χ3v) is 5.48. The third-order valence-electron chi connectivity index (χ3n) is 4.60. The molecule has 0 bridgehead atoms. The number of rotatable bonds is 7. The van der Waals surface area contributed by atoms with Crippen LogP contribution >= 0.6 is 11.8 Å². The average molecular weight is 452 g/mol. The van der Waals surface area contributed by atoms with Crippen molar-refractivity contribution in [3.8, 4) is 23.0 Å². The van der Waals surface area contributed by atoms with Crippen molar-refractivity contribution in [2.45, 2.75) is 0 Å². The van der Waals surface area contributed by atoms with E-state index in [1.54, 1.807) is 18.2 Å². The van der Waals surface area contributed by atoms with Gasteiger partial charge in [-0.2, -0.15) is 15.1 Å². The number of amidine groups is 2. The fourth-order valence-corrected chi connectivity index (χ4v) is 3.90. The van der Waals surface area contributed by atoms with Crippen molar-refractivity contribution in [1.82, 2.24) is 5.01 Å². The first-order chi connectivity index (χ1) is 15.5. The van der Waals surface area contributed by atoms with Crippen molar-refractivity contribution in [3.05, 3.63) is 53.6 Å². The van der Waals surface area contributed by atoms with E-state index in [-0.39, 0.29) is 18.0 Å². The smallest absolute Gasteiger partial charge is 0.283 e. The molecule has 0 aromatic heterocycles. The number of nitrogens with zero attached hydrogens (tertiary/aromatic N) is 3. The van der Waals surface area contributed by atoms with Crippen LogP contribution in [0.4, 0.5) is 0 Å². The fourth-order valence-electron chi connectivity index (χ4n) is 3.10. The van der Waals surface area contributed by atoms with Crippen LogP contribution in [-0.4, -0.2) is 54.9 Å². The lowest BCUT2D eigenvalue weighted by Gasteiger charge is -2.20. The maximum atomic E-state index is 12.7. The standard InChI is InChI=1S/C22H20N4O5S/c1-28-16-10-13(11-17(29-2)19(16)30-3)9-15-20(23)26-22(24-21(15)27)32-18(25-26)12-31-14-7-5-4-6-8-14/h4-11,23H,12H2,1-3H3. The van der Waals surface area contributed by atoms with Crippen LogP contribution in [0.15, 0.2) is 58.1 Å². The molecule has 1 N–H and O–H groups in total. The Balaban J connectivity index is 1.59. The summed E-state index contributed by atoms with van der Waals surface area (Å²) in [7, 11) is 4.53. The zero-order valence-electron chi connectivity index (χ0n) is 17.6. The number of carbonyl (C=O) groups is 1. The van der Waals surface area contributed by atoms with Crippen molar-refractivity contribution in [2.24, 2.45) is 10.1 Å². The molecule has 0 atom stereocenters. The second kappa shape index (κ2) is 9.15. The highest BCUT2D eigenvalue weighted by Crippen LogP contribution is 2.39. The van der Waals surface area contributed by atoms with Gasteiger partial charge in [-0.25, -0.2) is 0 Å². The highest BCUT2D eigenvalue weighted by atomic mass is 32.2. The quantitative estimate of drug-likeness (QED) is 0.642. The highest BCUT2D eigenvalue weighted by Gasteiger charge is 2.35. The summed E-state index contributed by atoms with van der Waals surface area (Å²) in [5, 5.41) is 15.2. The molecule has 0 radical (unpaired) electrons. The highest BCUT2D eigenvalue weighted by molar-refractivity contribution is 8.27. The molecule has 9 nitrogen and oxygen atoms in total. The van der Waals surface area contributed by atoms with Crippen molar-refractivity contribution >= 4 is 39.8 Å². The molecule has 4 rings (SSSR count). The number of hydrazone groups is 1. The van der Waals surface area contributed by atoms with E-state index in [0.717, 1.165) is 0 Å². The molecule has 32 heavy (non-hydrogen) atoms. The predicted octanol–water partition coefficient (Wildman–Crippen LogP) is 3.41. The third kappa shape index (κ3) is 4.17. The predicted molar refractivity (Wildman–Crippen MR) is 123 cm³/mol. The van der Waals surface area contributed by atoms with E-state index in [4.69, 9.17) is 24.4 Å². The molecule has 2 aromatic rings. The summed E-state index contributed by atoms with van der Waals surface area (Å²) in [5.74, 6) is 1.42. The molecule has 0 fully saturated rings. The number of hydrogen-bond acceptors (Lipinski definition) is 8. The number of carbonyl (C=O) groups excluding carboxylic acids is 1. The molecule has 2 aliphatic rings. The zero-order valence-corrected chi connectivity index (χ0v) is 18.4. The Morgan fingerprint density at radius 2 is 1.75 bits per heavy atom. The van der Waals surface area contributed by atoms with Crippen molar-refractivity contribution in [1.29, 1.82) is 5.41 Å². The minimum Gasteiger partial charge on any atom is -0.493 e. The lowest BCUT2D eigenvalue weighted by Crippen LogP contribution is -2.35. The van der Waals surface area contributed by atoms with Gasteiger partial charge in [-0.3, -0.25) is 10.2 Å². The summed E-state index contributed by atoms with van der Waals surface area (Å²) < 4.78 is 21.8. The molecule has 0 saturated heterocycles. The molecule has 2 heterocycles. The van der Waals surface area contributed by atoms with E-state index < -0.39 is 5.91 Å². The number of aliphatic imine (C=N–C) groups is 1. The van der Waals surface area contributed by atoms with Gasteiger partial charge in [0, 0.05) is 0 Å². The Morgan fingerprint density at radius 3 is 2.38 bits per heavy atom. The molecule has 0 aliphatic carbocycles. The van der Waals surface area contributed by atoms with Crippen LogP contribution in [0.1, 0.15) is 5.56 Å². The molecule has 0 spiro atoms. The number of thioether (sulfide) groups is 1. The largest absolute Gasteiger partial charge is 0.493 e. The summed E-state index contributed by atoms with van der Waals surface area (Å²) in [5.41, 5.74) is 0.687. The Bertz CT molecular complexity index is 1140. The van der Waals surface area contributed by atoms with E-state index in [1.807, 2.05) is 30.3 Å². The van der Waals surface area contributed by atoms with Gasteiger partial charge >= 0.3 is 0 Å². The van der Waals surface area contributed by atoms with Gasteiger partial charge in [0.1, 0.15) is 17.4 Å². The van der Waals surface area contributed by atoms with Gasteiger partial charge in [0.25, 0.3) is 5.91 Å². The van der Waals surface area contributed by atoms with Crippen molar-refractivity contribution < 1.29 is 23.7 Å². The molecule has 2 aliphatic heterocycles. The first kappa shape index (κ1) is 21.4. The second-order valence-corrected chi connectivity index (χ2v) is 7.61. The van der Waals surface area contributed by atoms with E-state index >= 15 is 0 Å². The number of hydrogen-bond donors (Lipinski definition) is 1. The molecule has 1 amide bonds. The van der Waals surface area contributed by atoms with Crippen LogP contribution in [-0.2, 0) is 4.79 Å². The summed E-state index contributed by atoms with van der Waals surface area (Å²) >= 11 is 1.20. The lowest BCUT2D eigenvalue weighted by atomic mass is 10.1. The van der Waals surface area contributed by atoms with Crippen LogP contribution in [0.25, 0.3) is 6.08 Å². The van der Waals surface area contributed by atoms with Gasteiger partial charge in [0.2, 0.25) is 10.9 Å². The number of methoxy groups -OCH3 is 3. The van der Waals surface area contributed by atoms with Gasteiger partial charge in [-0.05, 0) is 47.7 Å². The Hall–Kier alpha value is -3.79. The molecule has 2 aromatic carbocycles. The summed E-state index contributed by atoms with van der Waals surface area (Å²) in [4.78, 5) is 16.8. The molecule has 0 saturated carbocycles. The van der Waals surface area contributed by atoms with Crippen LogP contribution < -0.4 is 18.9 Å². The first-order valence-corrected chi connectivity index (χ1v) is 10.3. The van der Waals surface area contributed by atoms with Crippen molar-refractivity contribution in [2.75, 3.05) is 27.9 Å². The Kier molecular flexibility index (Phi) is 6.13. The summed E-state index contributed by atoms with van der Waals surface area (Å²) in [6.45, 7) is 0.206. The van der Waals surface area contributed by atoms with Gasteiger partial charge in [-0.1, -0.05) is 18.2 Å². The number of amides is 1. The minimum atomic E-state index is -0.525. The van der Waals surface area contributed by atoms with E-state index in [2.05, 4.69) is 10.1 Å². The molecule has 0 unspecified atom stereocenters. The normalized spacial score (nSPS) is 16.5. The van der Waals surface area contributed by atoms with E-state index in [9.17, 15) is 4.79 Å². The molecule has 10 heteroatoms. The van der Waals surface area contributed by atoms with Crippen LogP contribution in [0.5, 0.6) is 23.0 Å². The number of para-hydroxylation sites is 1. The molecule has 164 valence electrons. The first-order valence-electron chi connectivity index (χ1n) is 9.51. The fraction of sp³-hybridized carbons (Fsp3) is 0.182. The van der Waals surface area contributed by atoms with Crippen LogP contribution in [0.3, 0.4) is 0 Å². The Labute approximate surface area is 188 Å². The number of fused-ring (bicyclic) bond motifs is 1.